The highest BCUT2D eigenvalue weighted by atomic mass is 35.5. The molecule has 0 N–H and O–H groups in total. The average molecular weight is 520 g/mol. The predicted octanol–water partition coefficient (Wildman–Crippen LogP) is 6.09. The van der Waals surface area contributed by atoms with Gasteiger partial charge in [0.15, 0.2) is 0 Å². The van der Waals surface area contributed by atoms with Crippen LogP contribution in [0.25, 0.3) is 0 Å². The number of carbonyl (C=O) groups is 2. The quantitative estimate of drug-likeness (QED) is 0.237. The van der Waals surface area contributed by atoms with E-state index in [2.05, 4.69) is 21.1 Å². The van der Waals surface area contributed by atoms with Crippen LogP contribution in [0.2, 0.25) is 0 Å². The number of halogens is 13. The minimum absolute atomic E-state index is 0.217. The van der Waals surface area contributed by atoms with Gasteiger partial charge in [-0.3, -0.25) is 14.3 Å². The molecule has 1 rings (SSSR count). The molecule has 0 saturated carbocycles. The van der Waals surface area contributed by atoms with Crippen LogP contribution in [0.1, 0.15) is 20.7 Å². The number of hydrogen-bond donors (Lipinski definition) is 0. The van der Waals surface area contributed by atoms with Crippen molar-refractivity contribution in [2.45, 2.75) is 29.6 Å². The summed E-state index contributed by atoms with van der Waals surface area (Å²) >= 11 is 14.3. The number of ether oxygens (including phenoxy) is 2. The Balaban J connectivity index is 3.36. The molecule has 0 radical (unpaired) electrons. The Kier molecular flexibility index (Phi) is 7.25. The number of rotatable bonds is 8. The molecule has 1 aromatic rings. The molecule has 30 heavy (non-hydrogen) atoms. The molecule has 1 unspecified atom stereocenters. The Bertz CT molecular complexity index is 841. The zero-order chi connectivity index (χ0) is 23.9. The van der Waals surface area contributed by atoms with E-state index in [1.807, 2.05) is 0 Å². The summed E-state index contributed by atoms with van der Waals surface area (Å²) in [7, 11) is 0. The second-order valence-corrected chi connectivity index (χ2v) is 6.26. The first-order valence-electron chi connectivity index (χ1n) is 6.67. The summed E-state index contributed by atoms with van der Waals surface area (Å²) in [5.41, 5.74) is -1.75. The van der Waals surface area contributed by atoms with Gasteiger partial charge in [-0.2, -0.15) is 43.9 Å². The highest BCUT2D eigenvalue weighted by Crippen LogP contribution is 2.52. The third-order valence-electron chi connectivity index (χ3n) is 2.98. The van der Waals surface area contributed by atoms with E-state index in [1.54, 1.807) is 0 Å². The molecule has 1 aromatic carbocycles. The van der Waals surface area contributed by atoms with Crippen molar-refractivity contribution in [3.05, 3.63) is 29.3 Å². The number of hydrogen-bond acceptors (Lipinski definition) is 4. The van der Waals surface area contributed by atoms with Crippen molar-refractivity contribution in [1.82, 2.24) is 0 Å². The van der Waals surface area contributed by atoms with E-state index in [1.165, 1.54) is 0 Å². The van der Waals surface area contributed by atoms with Gasteiger partial charge in [-0.25, -0.2) is 0 Å². The predicted molar refractivity (Wildman–Crippen MR) is 79.1 cm³/mol. The third-order valence-corrected chi connectivity index (χ3v) is 3.69. The molecule has 0 fully saturated rings. The van der Waals surface area contributed by atoms with Gasteiger partial charge in [0.2, 0.25) is 0 Å². The van der Waals surface area contributed by atoms with E-state index in [0.717, 1.165) is 6.07 Å². The van der Waals surface area contributed by atoms with E-state index in [0.29, 0.717) is 6.07 Å². The van der Waals surface area contributed by atoms with E-state index >= 15 is 0 Å². The molecular formula is C13H3Cl3F10O4. The largest absolute Gasteiger partial charge is 0.476 e. The standard InChI is InChI=1S/C13H3Cl3F10O4/c14-7(27)4-1-2-5(8(15)28)6(3-4)29-13(25,26)10(16,19)30-12(23,24)9(17,18)11(20,21)22/h1-3H. The maximum Gasteiger partial charge on any atom is 0.476 e. The van der Waals surface area contributed by atoms with Crippen LogP contribution >= 0.6 is 34.8 Å². The average Bonchev–Trinajstić information content (AvgIpc) is 2.51. The summed E-state index contributed by atoms with van der Waals surface area (Å²) in [6.07, 6.45) is -20.0. The molecule has 0 bridgehead atoms. The molecule has 0 aliphatic heterocycles. The molecule has 0 saturated heterocycles. The summed E-state index contributed by atoms with van der Waals surface area (Å²) in [6, 6.07) is 1.47. The van der Waals surface area contributed by atoms with Crippen LogP contribution in [0.5, 0.6) is 5.75 Å². The zero-order valence-corrected chi connectivity index (χ0v) is 15.5. The molecule has 0 spiro atoms. The maximum absolute atomic E-state index is 13.9. The number of alkyl halides is 11. The van der Waals surface area contributed by atoms with Gasteiger partial charge in [0.1, 0.15) is 5.75 Å². The molecule has 0 aliphatic rings. The molecule has 1 atom stereocenters. The van der Waals surface area contributed by atoms with Gasteiger partial charge in [-0.1, -0.05) is 0 Å². The maximum atomic E-state index is 13.9. The SMILES string of the molecule is O=C(Cl)c1ccc(C(=O)Cl)c(OC(F)(F)C(F)(Cl)OC(F)(F)C(F)(F)C(F)(F)F)c1. The van der Waals surface area contributed by atoms with Crippen molar-refractivity contribution < 1.29 is 63.0 Å². The lowest BCUT2D eigenvalue weighted by Crippen LogP contribution is -2.59. The molecule has 0 amide bonds. The van der Waals surface area contributed by atoms with Crippen LogP contribution in [0.3, 0.4) is 0 Å². The topological polar surface area (TPSA) is 52.6 Å². The van der Waals surface area contributed by atoms with Crippen LogP contribution in [0.15, 0.2) is 18.2 Å². The summed E-state index contributed by atoms with van der Waals surface area (Å²) < 4.78 is 135. The number of benzene rings is 1. The fourth-order valence-corrected chi connectivity index (χ4v) is 1.95. The van der Waals surface area contributed by atoms with E-state index in [4.69, 9.17) is 23.2 Å². The molecule has 4 nitrogen and oxygen atoms in total. The van der Waals surface area contributed by atoms with Crippen molar-refractivity contribution in [1.29, 1.82) is 0 Å². The molecule has 170 valence electrons. The monoisotopic (exact) mass is 518 g/mol. The smallest absolute Gasteiger partial charge is 0.426 e. The van der Waals surface area contributed by atoms with Crippen molar-refractivity contribution in [3.8, 4) is 5.75 Å². The summed E-state index contributed by atoms with van der Waals surface area (Å²) in [5.74, 6) is -8.70. The van der Waals surface area contributed by atoms with Crippen LogP contribution in [-0.2, 0) is 4.74 Å². The summed E-state index contributed by atoms with van der Waals surface area (Å²) in [6.45, 7) is 0. The van der Waals surface area contributed by atoms with Gasteiger partial charge >= 0.3 is 29.6 Å². The fraction of sp³-hybridized carbons (Fsp3) is 0.385. The Labute approximate surface area is 173 Å². The Morgan fingerprint density at radius 1 is 0.800 bits per heavy atom. The lowest BCUT2D eigenvalue weighted by atomic mass is 10.1. The first-order valence-corrected chi connectivity index (χ1v) is 7.80. The van der Waals surface area contributed by atoms with Gasteiger partial charge in [0.05, 0.1) is 5.56 Å². The van der Waals surface area contributed by atoms with Gasteiger partial charge < -0.3 is 4.74 Å². The Morgan fingerprint density at radius 3 is 1.70 bits per heavy atom. The van der Waals surface area contributed by atoms with Gasteiger partial charge in [-0.05, 0) is 53.0 Å². The van der Waals surface area contributed by atoms with Gasteiger partial charge in [0.25, 0.3) is 10.5 Å². The molecule has 17 heteroatoms. The second-order valence-electron chi connectivity index (χ2n) is 5.08. The lowest BCUT2D eigenvalue weighted by molar-refractivity contribution is -0.469. The van der Waals surface area contributed by atoms with Crippen molar-refractivity contribution in [3.63, 3.8) is 0 Å². The van der Waals surface area contributed by atoms with E-state index < -0.39 is 57.0 Å². The Morgan fingerprint density at radius 2 is 1.30 bits per heavy atom. The van der Waals surface area contributed by atoms with Crippen molar-refractivity contribution in [2.24, 2.45) is 0 Å². The minimum Gasteiger partial charge on any atom is -0.426 e. The first-order chi connectivity index (χ1) is 13.2. The van der Waals surface area contributed by atoms with E-state index in [9.17, 15) is 53.5 Å². The normalized spacial score (nSPS) is 15.5. The first kappa shape index (κ1) is 26.5. The Hall–Kier alpha value is -1.51. The second kappa shape index (κ2) is 8.20. The van der Waals surface area contributed by atoms with Crippen molar-refractivity contribution in [2.75, 3.05) is 0 Å². The van der Waals surface area contributed by atoms with Gasteiger partial charge in [-0.15, -0.1) is 0 Å². The zero-order valence-electron chi connectivity index (χ0n) is 13.3. The molecule has 0 heterocycles. The van der Waals surface area contributed by atoms with Crippen LogP contribution in [0, 0.1) is 0 Å². The van der Waals surface area contributed by atoms with Crippen LogP contribution in [-0.4, -0.2) is 40.1 Å². The highest BCUT2D eigenvalue weighted by molar-refractivity contribution is 6.68. The lowest BCUT2D eigenvalue weighted by Gasteiger charge is -2.34. The molecular weight excluding hydrogens is 516 g/mol. The van der Waals surface area contributed by atoms with Gasteiger partial charge in [0, 0.05) is 5.56 Å². The fourth-order valence-electron chi connectivity index (χ4n) is 1.54. The minimum atomic E-state index is -7.16. The molecule has 0 aliphatic carbocycles. The van der Waals surface area contributed by atoms with Crippen LogP contribution in [0.4, 0.5) is 43.9 Å². The molecule has 0 aromatic heterocycles. The summed E-state index contributed by atoms with van der Waals surface area (Å²) in [5, 5.41) is -8.82. The summed E-state index contributed by atoms with van der Waals surface area (Å²) in [4.78, 5) is 22.2. The third kappa shape index (κ3) is 5.21. The van der Waals surface area contributed by atoms with E-state index in [-0.39, 0.29) is 6.07 Å². The highest BCUT2D eigenvalue weighted by Gasteiger charge is 2.78. The number of carbonyl (C=O) groups excluding carboxylic acids is 2. The van der Waals surface area contributed by atoms with Crippen molar-refractivity contribution >= 4 is 45.3 Å². The van der Waals surface area contributed by atoms with Crippen LogP contribution < -0.4 is 4.74 Å².